The average molecular weight is 264 g/mol. The lowest BCUT2D eigenvalue weighted by Gasteiger charge is -2.05. The molecule has 0 aliphatic heterocycles. The maximum atomic E-state index is 13.3. The zero-order chi connectivity index (χ0) is 13.0. The Labute approximate surface area is 109 Å². The molecule has 1 aromatic heterocycles. The van der Waals surface area contributed by atoms with Crippen LogP contribution in [0.15, 0.2) is 29.8 Å². The number of carbonyl (C=O) groups is 1. The Bertz CT molecular complexity index is 553. The fourth-order valence-electron chi connectivity index (χ4n) is 1.54. The quantitative estimate of drug-likeness (QED) is 0.921. The van der Waals surface area contributed by atoms with Crippen LogP contribution >= 0.6 is 11.3 Å². The van der Waals surface area contributed by atoms with Gasteiger partial charge in [0.1, 0.15) is 5.82 Å². The highest BCUT2D eigenvalue weighted by atomic mass is 32.1. The van der Waals surface area contributed by atoms with Gasteiger partial charge in [-0.2, -0.15) is 0 Å². The summed E-state index contributed by atoms with van der Waals surface area (Å²) in [5, 5.41) is 2.71. The highest BCUT2D eigenvalue weighted by Gasteiger charge is 2.08. The third-order valence-electron chi connectivity index (χ3n) is 2.60. The molecule has 3 nitrogen and oxygen atoms in total. The number of nitrogens with zero attached hydrogens (tertiary/aromatic N) is 1. The number of halogens is 1. The Hall–Kier alpha value is -1.75. The predicted octanol–water partition coefficient (Wildman–Crippen LogP) is 2.45. The molecule has 1 N–H and O–H groups in total. The zero-order valence-electron chi connectivity index (χ0n) is 9.94. The van der Waals surface area contributed by atoms with Crippen LogP contribution in [0.5, 0.6) is 0 Å². The summed E-state index contributed by atoms with van der Waals surface area (Å²) in [4.78, 5) is 16.7. The molecule has 0 bridgehead atoms. The van der Waals surface area contributed by atoms with Crippen molar-refractivity contribution in [1.82, 2.24) is 10.3 Å². The van der Waals surface area contributed by atoms with E-state index in [-0.39, 0.29) is 18.3 Å². The molecule has 1 heterocycles. The Balaban J connectivity index is 1.90. The lowest BCUT2D eigenvalue weighted by molar-refractivity contribution is -0.120. The molecule has 1 amide bonds. The van der Waals surface area contributed by atoms with Gasteiger partial charge in [0.2, 0.25) is 5.91 Å². The van der Waals surface area contributed by atoms with Crippen molar-refractivity contribution < 1.29 is 9.18 Å². The van der Waals surface area contributed by atoms with Crippen LogP contribution < -0.4 is 5.32 Å². The first kappa shape index (κ1) is 12.7. The Morgan fingerprint density at radius 1 is 1.44 bits per heavy atom. The summed E-state index contributed by atoms with van der Waals surface area (Å²) < 4.78 is 13.3. The largest absolute Gasteiger partial charge is 0.352 e. The molecule has 2 rings (SSSR count). The van der Waals surface area contributed by atoms with Crippen LogP contribution in [0.2, 0.25) is 0 Å². The van der Waals surface area contributed by atoms with E-state index in [1.165, 1.54) is 17.4 Å². The minimum Gasteiger partial charge on any atom is -0.352 e. The second-order valence-corrected chi connectivity index (χ2v) is 4.85. The summed E-state index contributed by atoms with van der Waals surface area (Å²) in [6.07, 6.45) is 0.297. The lowest BCUT2D eigenvalue weighted by Crippen LogP contribution is -2.24. The van der Waals surface area contributed by atoms with Gasteiger partial charge in [-0.3, -0.25) is 4.79 Å². The van der Waals surface area contributed by atoms with Gasteiger partial charge >= 0.3 is 0 Å². The average Bonchev–Trinajstić information content (AvgIpc) is 2.74. The number of aryl methyl sites for hydroxylation is 1. The van der Waals surface area contributed by atoms with E-state index in [1.807, 2.05) is 6.92 Å². The van der Waals surface area contributed by atoms with Crippen molar-refractivity contribution in [2.75, 3.05) is 0 Å². The van der Waals surface area contributed by atoms with Crippen LogP contribution in [0, 0.1) is 12.7 Å². The SMILES string of the molecule is Cc1ncsc1CC(=O)NCc1ccccc1F. The molecular formula is C13H13FN2OS. The maximum Gasteiger partial charge on any atom is 0.225 e. The lowest BCUT2D eigenvalue weighted by atomic mass is 10.2. The van der Waals surface area contributed by atoms with Crippen molar-refractivity contribution in [2.24, 2.45) is 0 Å². The van der Waals surface area contributed by atoms with E-state index >= 15 is 0 Å². The molecule has 0 radical (unpaired) electrons. The number of benzene rings is 1. The molecule has 0 atom stereocenters. The van der Waals surface area contributed by atoms with Crippen LogP contribution in [0.1, 0.15) is 16.1 Å². The fraction of sp³-hybridized carbons (Fsp3) is 0.231. The van der Waals surface area contributed by atoms with Gasteiger partial charge in [0.25, 0.3) is 0 Å². The van der Waals surface area contributed by atoms with E-state index in [1.54, 1.807) is 23.7 Å². The first-order chi connectivity index (χ1) is 8.66. The molecule has 0 fully saturated rings. The summed E-state index contributed by atoms with van der Waals surface area (Å²) in [5.74, 6) is -0.419. The Morgan fingerprint density at radius 2 is 2.22 bits per heavy atom. The predicted molar refractivity (Wildman–Crippen MR) is 68.8 cm³/mol. The number of hydrogen-bond donors (Lipinski definition) is 1. The summed E-state index contributed by atoms with van der Waals surface area (Å²) >= 11 is 1.46. The van der Waals surface area contributed by atoms with Crippen molar-refractivity contribution in [3.63, 3.8) is 0 Å². The molecule has 1 aromatic carbocycles. The van der Waals surface area contributed by atoms with Gasteiger partial charge in [0.15, 0.2) is 0 Å². The highest BCUT2D eigenvalue weighted by Crippen LogP contribution is 2.12. The van der Waals surface area contributed by atoms with Gasteiger partial charge in [0, 0.05) is 17.0 Å². The fourth-order valence-corrected chi connectivity index (χ4v) is 2.32. The van der Waals surface area contributed by atoms with E-state index in [0.717, 1.165) is 10.6 Å². The normalized spacial score (nSPS) is 10.3. The number of amides is 1. The zero-order valence-corrected chi connectivity index (χ0v) is 10.8. The van der Waals surface area contributed by atoms with Crippen LogP contribution in [0.25, 0.3) is 0 Å². The van der Waals surface area contributed by atoms with Crippen molar-refractivity contribution in [3.8, 4) is 0 Å². The van der Waals surface area contributed by atoms with Gasteiger partial charge in [0.05, 0.1) is 17.6 Å². The number of hydrogen-bond acceptors (Lipinski definition) is 3. The second kappa shape index (κ2) is 5.73. The van der Waals surface area contributed by atoms with Crippen LogP contribution in [0.3, 0.4) is 0 Å². The second-order valence-electron chi connectivity index (χ2n) is 3.91. The van der Waals surface area contributed by atoms with E-state index in [2.05, 4.69) is 10.3 Å². The monoisotopic (exact) mass is 264 g/mol. The molecule has 2 aromatic rings. The molecule has 94 valence electrons. The van der Waals surface area contributed by atoms with Crippen molar-refractivity contribution in [3.05, 3.63) is 51.7 Å². The molecular weight excluding hydrogens is 251 g/mol. The molecule has 0 aliphatic rings. The van der Waals surface area contributed by atoms with Crippen LogP contribution in [-0.4, -0.2) is 10.9 Å². The van der Waals surface area contributed by atoms with E-state index in [0.29, 0.717) is 12.0 Å². The first-order valence-electron chi connectivity index (χ1n) is 5.56. The molecule has 0 unspecified atom stereocenters. The van der Waals surface area contributed by atoms with Crippen LogP contribution in [-0.2, 0) is 17.8 Å². The van der Waals surface area contributed by atoms with E-state index < -0.39 is 0 Å². The third kappa shape index (κ3) is 3.13. The minimum absolute atomic E-state index is 0.120. The maximum absolute atomic E-state index is 13.3. The van der Waals surface area contributed by atoms with Gasteiger partial charge < -0.3 is 5.32 Å². The Morgan fingerprint density at radius 3 is 2.89 bits per heavy atom. The summed E-state index contributed by atoms with van der Waals surface area (Å²) in [6, 6.07) is 6.42. The van der Waals surface area contributed by atoms with Gasteiger partial charge in [-0.25, -0.2) is 9.37 Å². The number of rotatable bonds is 4. The molecule has 18 heavy (non-hydrogen) atoms. The summed E-state index contributed by atoms with van der Waals surface area (Å²) in [7, 11) is 0. The molecule has 0 saturated heterocycles. The Kier molecular flexibility index (Phi) is 4.04. The van der Waals surface area contributed by atoms with Crippen molar-refractivity contribution in [1.29, 1.82) is 0 Å². The van der Waals surface area contributed by atoms with Gasteiger partial charge in [-0.05, 0) is 13.0 Å². The number of carbonyl (C=O) groups excluding carboxylic acids is 1. The van der Waals surface area contributed by atoms with Crippen molar-refractivity contribution >= 4 is 17.2 Å². The third-order valence-corrected chi connectivity index (χ3v) is 3.53. The van der Waals surface area contributed by atoms with Crippen LogP contribution in [0.4, 0.5) is 4.39 Å². The van der Waals surface area contributed by atoms with Gasteiger partial charge in [-0.1, -0.05) is 18.2 Å². The number of thiazole rings is 1. The topological polar surface area (TPSA) is 42.0 Å². The summed E-state index contributed by atoms with van der Waals surface area (Å²) in [5.41, 5.74) is 3.09. The number of aromatic nitrogens is 1. The highest BCUT2D eigenvalue weighted by molar-refractivity contribution is 7.09. The molecule has 5 heteroatoms. The molecule has 0 saturated carbocycles. The summed E-state index contributed by atoms with van der Waals surface area (Å²) in [6.45, 7) is 2.08. The van der Waals surface area contributed by atoms with Gasteiger partial charge in [-0.15, -0.1) is 11.3 Å². The number of nitrogens with one attached hydrogen (secondary N) is 1. The smallest absolute Gasteiger partial charge is 0.225 e. The molecule has 0 spiro atoms. The van der Waals surface area contributed by atoms with E-state index in [4.69, 9.17) is 0 Å². The standard InChI is InChI=1S/C13H13FN2OS/c1-9-12(18-8-16-9)6-13(17)15-7-10-4-2-3-5-11(10)14/h2-5,8H,6-7H2,1H3,(H,15,17). The first-order valence-corrected chi connectivity index (χ1v) is 6.44. The van der Waals surface area contributed by atoms with Crippen molar-refractivity contribution in [2.45, 2.75) is 19.9 Å². The molecule has 0 aliphatic carbocycles. The van der Waals surface area contributed by atoms with E-state index in [9.17, 15) is 9.18 Å². The minimum atomic E-state index is -0.299.